The zero-order valence-corrected chi connectivity index (χ0v) is 16.4. The van der Waals surface area contributed by atoms with Gasteiger partial charge in [0.15, 0.2) is 5.01 Å². The minimum atomic E-state index is -1.64. The molecule has 0 saturated carbocycles. The van der Waals surface area contributed by atoms with Crippen LogP contribution in [0, 0.1) is 11.8 Å². The summed E-state index contributed by atoms with van der Waals surface area (Å²) in [5.41, 5.74) is 6.90. The number of amides is 2. The number of hydrogen-bond acceptors (Lipinski definition) is 6. The molecule has 4 rings (SSSR count). The predicted octanol–water partition coefficient (Wildman–Crippen LogP) is 1.38. The zero-order chi connectivity index (χ0) is 20.1. The number of nitrogens with one attached hydrogen (secondary N) is 1. The van der Waals surface area contributed by atoms with E-state index in [0.29, 0.717) is 18.7 Å². The highest BCUT2D eigenvalue weighted by Gasteiger charge is 2.42. The Morgan fingerprint density at radius 3 is 2.96 bits per heavy atom. The molecule has 2 unspecified atom stereocenters. The molecule has 144 valence electrons. The van der Waals surface area contributed by atoms with Gasteiger partial charge in [-0.05, 0) is 18.2 Å². The van der Waals surface area contributed by atoms with Crippen LogP contribution in [-0.4, -0.2) is 52.5 Å². The standard InChI is InChI=1S/C20H20N4O3S/c1-11-10-22-14-4-3-12(5-6-20(27)7-8-24(2)19(20)26)9-13(14)15-16(11)28-18(23-15)17(21)25/h3-4,9,11,22,27H,7-8,10H2,1-2H3,(H2,21,25). The second-order valence-corrected chi connectivity index (χ2v) is 8.26. The lowest BCUT2D eigenvalue weighted by Crippen LogP contribution is -2.37. The summed E-state index contributed by atoms with van der Waals surface area (Å²) >= 11 is 1.32. The number of fused-ring (bicyclic) bond motifs is 3. The number of rotatable bonds is 1. The molecule has 2 amide bonds. The van der Waals surface area contributed by atoms with Gasteiger partial charge in [-0.15, -0.1) is 11.3 Å². The minimum Gasteiger partial charge on any atom is -0.384 e. The lowest BCUT2D eigenvalue weighted by atomic mass is 10.0. The van der Waals surface area contributed by atoms with Gasteiger partial charge in [0.2, 0.25) is 5.60 Å². The summed E-state index contributed by atoms with van der Waals surface area (Å²) in [7, 11) is 1.65. The smallest absolute Gasteiger partial charge is 0.277 e. The Morgan fingerprint density at radius 2 is 2.29 bits per heavy atom. The number of nitrogens with two attached hydrogens (primary N) is 1. The minimum absolute atomic E-state index is 0.176. The first-order valence-electron chi connectivity index (χ1n) is 8.98. The maximum atomic E-state index is 12.1. The monoisotopic (exact) mass is 396 g/mol. The summed E-state index contributed by atoms with van der Waals surface area (Å²) in [6.07, 6.45) is 0.289. The van der Waals surface area contributed by atoms with Crippen LogP contribution in [0.25, 0.3) is 11.3 Å². The Labute approximate surface area is 166 Å². The van der Waals surface area contributed by atoms with Crippen LogP contribution in [0.15, 0.2) is 18.2 Å². The fourth-order valence-electron chi connectivity index (χ4n) is 3.44. The number of carbonyl (C=O) groups is 2. The Bertz CT molecular complexity index is 1050. The number of aliphatic hydroxyl groups is 1. The van der Waals surface area contributed by atoms with Crippen molar-refractivity contribution in [3.8, 4) is 23.1 Å². The van der Waals surface area contributed by atoms with Gasteiger partial charge in [0.05, 0.1) is 5.69 Å². The van der Waals surface area contributed by atoms with Crippen LogP contribution in [0.2, 0.25) is 0 Å². The molecule has 1 aromatic heterocycles. The van der Waals surface area contributed by atoms with Crippen molar-refractivity contribution >= 4 is 28.8 Å². The molecular weight excluding hydrogens is 376 g/mol. The van der Waals surface area contributed by atoms with E-state index < -0.39 is 11.5 Å². The molecule has 2 aliphatic rings. The van der Waals surface area contributed by atoms with Crippen LogP contribution in [0.3, 0.4) is 0 Å². The topological polar surface area (TPSA) is 109 Å². The normalized spacial score (nSPS) is 23.2. The molecule has 28 heavy (non-hydrogen) atoms. The third-order valence-corrected chi connectivity index (χ3v) is 6.41. The van der Waals surface area contributed by atoms with E-state index in [1.54, 1.807) is 7.05 Å². The summed E-state index contributed by atoms with van der Waals surface area (Å²) in [5.74, 6) is 4.92. The van der Waals surface area contributed by atoms with Crippen LogP contribution in [0.5, 0.6) is 0 Å². The molecule has 2 atom stereocenters. The Balaban J connectivity index is 1.76. The van der Waals surface area contributed by atoms with E-state index in [9.17, 15) is 14.7 Å². The van der Waals surface area contributed by atoms with Crippen molar-refractivity contribution in [2.24, 2.45) is 5.73 Å². The number of nitrogens with zero attached hydrogens (tertiary/aromatic N) is 2. The van der Waals surface area contributed by atoms with Crippen LogP contribution in [0.4, 0.5) is 5.69 Å². The average Bonchev–Trinajstić information content (AvgIpc) is 3.20. The second kappa shape index (κ2) is 6.62. The van der Waals surface area contributed by atoms with Gasteiger partial charge in [-0.3, -0.25) is 9.59 Å². The fourth-order valence-corrected chi connectivity index (χ4v) is 4.42. The number of thiazole rings is 1. The van der Waals surface area contributed by atoms with Crippen molar-refractivity contribution in [3.63, 3.8) is 0 Å². The van der Waals surface area contributed by atoms with E-state index in [4.69, 9.17) is 5.73 Å². The van der Waals surface area contributed by atoms with Crippen LogP contribution in [0.1, 0.15) is 39.5 Å². The molecule has 0 bridgehead atoms. The molecule has 0 radical (unpaired) electrons. The molecule has 4 N–H and O–H groups in total. The number of likely N-dealkylation sites (tertiary alicyclic amines) is 1. The average molecular weight is 396 g/mol. The number of aromatic nitrogens is 1. The number of primary amides is 1. The second-order valence-electron chi connectivity index (χ2n) is 7.23. The van der Waals surface area contributed by atoms with Crippen molar-refractivity contribution in [2.75, 3.05) is 25.5 Å². The Hall–Kier alpha value is -2.89. The van der Waals surface area contributed by atoms with Gasteiger partial charge in [0, 0.05) is 54.2 Å². The van der Waals surface area contributed by atoms with E-state index >= 15 is 0 Å². The van der Waals surface area contributed by atoms with Gasteiger partial charge in [-0.2, -0.15) is 0 Å². The van der Waals surface area contributed by atoms with Gasteiger partial charge in [-0.1, -0.05) is 18.8 Å². The first-order chi connectivity index (χ1) is 13.3. The summed E-state index contributed by atoms with van der Waals surface area (Å²) in [6.45, 7) is 3.26. The summed E-state index contributed by atoms with van der Waals surface area (Å²) in [4.78, 5) is 30.6. The number of benzene rings is 1. The predicted molar refractivity (Wildman–Crippen MR) is 107 cm³/mol. The van der Waals surface area contributed by atoms with Crippen LogP contribution in [-0.2, 0) is 4.79 Å². The number of likely N-dealkylation sites (N-methyl/N-ethyl adjacent to an activating group) is 1. The number of anilines is 1. The molecule has 3 heterocycles. The molecule has 8 heteroatoms. The molecule has 1 aromatic carbocycles. The third-order valence-electron chi connectivity index (χ3n) is 5.11. The maximum Gasteiger partial charge on any atom is 0.277 e. The molecule has 2 aromatic rings. The third kappa shape index (κ3) is 3.03. The maximum absolute atomic E-state index is 12.1. The quantitative estimate of drug-likeness (QED) is 0.631. The Morgan fingerprint density at radius 1 is 1.50 bits per heavy atom. The molecule has 0 spiro atoms. The SMILES string of the molecule is CC1CNc2ccc(C#CC3(O)CCN(C)C3=O)cc2-c2nc(C(N)=O)sc21. The van der Waals surface area contributed by atoms with E-state index in [-0.39, 0.29) is 23.3 Å². The summed E-state index contributed by atoms with van der Waals surface area (Å²) < 4.78 is 0. The lowest BCUT2D eigenvalue weighted by Gasteiger charge is -2.13. The number of carbonyl (C=O) groups excluding carboxylic acids is 2. The highest BCUT2D eigenvalue weighted by atomic mass is 32.1. The van der Waals surface area contributed by atoms with Crippen molar-refractivity contribution in [1.29, 1.82) is 0 Å². The number of hydrogen-bond donors (Lipinski definition) is 3. The summed E-state index contributed by atoms with van der Waals surface area (Å²) in [5, 5.41) is 14.2. The molecule has 7 nitrogen and oxygen atoms in total. The van der Waals surface area contributed by atoms with Gasteiger partial charge >= 0.3 is 0 Å². The van der Waals surface area contributed by atoms with Gasteiger partial charge in [0.1, 0.15) is 0 Å². The fraction of sp³-hybridized carbons (Fsp3) is 0.350. The largest absolute Gasteiger partial charge is 0.384 e. The zero-order valence-electron chi connectivity index (χ0n) is 15.6. The highest BCUT2D eigenvalue weighted by molar-refractivity contribution is 7.14. The first kappa shape index (κ1) is 18.5. The van der Waals surface area contributed by atoms with E-state index in [1.807, 2.05) is 18.2 Å². The van der Waals surface area contributed by atoms with E-state index in [1.165, 1.54) is 16.2 Å². The van der Waals surface area contributed by atoms with Crippen LogP contribution < -0.4 is 11.1 Å². The van der Waals surface area contributed by atoms with Crippen molar-refractivity contribution in [1.82, 2.24) is 9.88 Å². The molecule has 2 aliphatic heterocycles. The Kier molecular flexibility index (Phi) is 4.37. The van der Waals surface area contributed by atoms with Gasteiger partial charge in [-0.25, -0.2) is 4.98 Å². The molecule has 0 aliphatic carbocycles. The molecule has 1 saturated heterocycles. The molecule has 1 fully saturated rings. The van der Waals surface area contributed by atoms with Crippen molar-refractivity contribution in [2.45, 2.75) is 24.9 Å². The van der Waals surface area contributed by atoms with Crippen molar-refractivity contribution in [3.05, 3.63) is 33.6 Å². The summed E-state index contributed by atoms with van der Waals surface area (Å²) in [6, 6.07) is 5.60. The highest BCUT2D eigenvalue weighted by Crippen LogP contribution is 2.40. The first-order valence-corrected chi connectivity index (χ1v) is 9.80. The van der Waals surface area contributed by atoms with Crippen LogP contribution >= 0.6 is 11.3 Å². The lowest BCUT2D eigenvalue weighted by molar-refractivity contribution is -0.137. The van der Waals surface area contributed by atoms with Gasteiger partial charge < -0.3 is 21.1 Å². The molecular formula is C20H20N4O3S. The van der Waals surface area contributed by atoms with E-state index in [2.05, 4.69) is 29.1 Å². The van der Waals surface area contributed by atoms with E-state index in [0.717, 1.165) is 21.8 Å². The van der Waals surface area contributed by atoms with Crippen molar-refractivity contribution < 1.29 is 14.7 Å². The van der Waals surface area contributed by atoms with Gasteiger partial charge in [0.25, 0.3) is 11.8 Å².